The van der Waals surface area contributed by atoms with Crippen LogP contribution in [0.4, 0.5) is 6.01 Å². The summed E-state index contributed by atoms with van der Waals surface area (Å²) in [6.07, 6.45) is 2.06. The number of likely N-dealkylation sites (N-methyl/N-ethyl adjacent to an activating group) is 1. The smallest absolute Gasteiger partial charge is 0.298 e. The highest BCUT2D eigenvalue weighted by molar-refractivity contribution is 5.85. The summed E-state index contributed by atoms with van der Waals surface area (Å²) in [5.41, 5.74) is 5.60. The van der Waals surface area contributed by atoms with Crippen molar-refractivity contribution in [2.24, 2.45) is 0 Å². The van der Waals surface area contributed by atoms with Gasteiger partial charge in [0.1, 0.15) is 5.52 Å². The van der Waals surface area contributed by atoms with E-state index in [0.717, 1.165) is 33.5 Å². The second kappa shape index (κ2) is 10.5. The summed E-state index contributed by atoms with van der Waals surface area (Å²) in [5.74, 6) is 0.0990. The molecule has 0 N–H and O–H groups in total. The van der Waals surface area contributed by atoms with Gasteiger partial charge in [0.05, 0.1) is 6.54 Å². The van der Waals surface area contributed by atoms with Crippen molar-refractivity contribution in [3.63, 3.8) is 0 Å². The number of carbonyl (C=O) groups excluding carboxylic acids is 1. The fourth-order valence-corrected chi connectivity index (χ4v) is 4.45. The summed E-state index contributed by atoms with van der Waals surface area (Å²) in [4.78, 5) is 23.9. The molecular weight excluding hydrogens is 448 g/mol. The molecule has 182 valence electrons. The van der Waals surface area contributed by atoms with Crippen LogP contribution in [0, 0.1) is 0 Å². The van der Waals surface area contributed by atoms with Crippen LogP contribution in [0.1, 0.15) is 11.1 Å². The molecule has 2 heterocycles. The number of fused-ring (bicyclic) bond motifs is 1. The molecule has 1 aliphatic heterocycles. The van der Waals surface area contributed by atoms with Gasteiger partial charge in [-0.2, -0.15) is 4.98 Å². The zero-order chi connectivity index (χ0) is 24.9. The number of aromatic nitrogens is 1. The van der Waals surface area contributed by atoms with E-state index in [2.05, 4.69) is 34.7 Å². The van der Waals surface area contributed by atoms with Crippen molar-refractivity contribution in [2.45, 2.75) is 0 Å². The standard InChI is InChI=1S/C30H30N4O2/c1-23(24-11-5-3-6-12-24)21-27(25-13-7-4-8-14-25)32(2)22-29(35)33-17-19-34(20-18-33)30-31-26-15-9-10-16-28(26)36-30/h3-16,21H,1,17-20,22H2,2H3/b27-21-. The zero-order valence-electron chi connectivity index (χ0n) is 20.5. The van der Waals surface area contributed by atoms with Crippen LogP contribution < -0.4 is 4.90 Å². The molecule has 36 heavy (non-hydrogen) atoms. The van der Waals surface area contributed by atoms with Crippen molar-refractivity contribution in [1.29, 1.82) is 0 Å². The third-order valence-electron chi connectivity index (χ3n) is 6.49. The molecule has 6 nitrogen and oxygen atoms in total. The monoisotopic (exact) mass is 478 g/mol. The number of hydrogen-bond donors (Lipinski definition) is 0. The minimum atomic E-state index is 0.0990. The first kappa shape index (κ1) is 23.4. The molecular formula is C30H30N4O2. The van der Waals surface area contributed by atoms with Gasteiger partial charge in [0.2, 0.25) is 5.91 Å². The molecule has 1 amide bonds. The molecule has 0 unspecified atom stereocenters. The van der Waals surface area contributed by atoms with Crippen LogP contribution in [0.25, 0.3) is 22.4 Å². The van der Waals surface area contributed by atoms with E-state index in [-0.39, 0.29) is 12.5 Å². The lowest BCUT2D eigenvalue weighted by atomic mass is 10.0. The van der Waals surface area contributed by atoms with Gasteiger partial charge >= 0.3 is 0 Å². The lowest BCUT2D eigenvalue weighted by Gasteiger charge is -2.35. The summed E-state index contributed by atoms with van der Waals surface area (Å²) in [6.45, 7) is 7.20. The van der Waals surface area contributed by atoms with Gasteiger partial charge in [-0.3, -0.25) is 4.79 Å². The van der Waals surface area contributed by atoms with Crippen LogP contribution in [0.3, 0.4) is 0 Å². The van der Waals surface area contributed by atoms with E-state index in [9.17, 15) is 4.79 Å². The molecule has 3 aromatic carbocycles. The molecule has 4 aromatic rings. The highest BCUT2D eigenvalue weighted by Crippen LogP contribution is 2.25. The van der Waals surface area contributed by atoms with Gasteiger partial charge in [-0.05, 0) is 34.9 Å². The second-order valence-electron chi connectivity index (χ2n) is 8.97. The molecule has 1 aliphatic rings. The molecule has 6 heteroatoms. The summed E-state index contributed by atoms with van der Waals surface area (Å²) in [5, 5.41) is 0. The Kier molecular flexibility index (Phi) is 6.85. The summed E-state index contributed by atoms with van der Waals surface area (Å²) in [6, 6.07) is 28.6. The second-order valence-corrected chi connectivity index (χ2v) is 8.97. The normalized spacial score (nSPS) is 14.2. The first-order chi connectivity index (χ1) is 17.6. The van der Waals surface area contributed by atoms with Gasteiger partial charge in [-0.25, -0.2) is 0 Å². The molecule has 1 fully saturated rings. The van der Waals surface area contributed by atoms with Crippen LogP contribution >= 0.6 is 0 Å². The Balaban J connectivity index is 1.26. The number of anilines is 1. The minimum Gasteiger partial charge on any atom is -0.423 e. The van der Waals surface area contributed by atoms with E-state index in [1.807, 2.05) is 89.6 Å². The van der Waals surface area contributed by atoms with Crippen LogP contribution in [0.2, 0.25) is 0 Å². The number of rotatable bonds is 7. The van der Waals surface area contributed by atoms with Gasteiger partial charge in [-0.15, -0.1) is 0 Å². The average Bonchev–Trinajstić information content (AvgIpc) is 3.37. The number of oxazole rings is 1. The van der Waals surface area contributed by atoms with Crippen LogP contribution in [-0.4, -0.2) is 60.5 Å². The van der Waals surface area contributed by atoms with Crippen LogP contribution in [0.5, 0.6) is 0 Å². The van der Waals surface area contributed by atoms with Crippen molar-refractivity contribution >= 4 is 34.3 Å². The Labute approximate surface area is 211 Å². The molecule has 0 radical (unpaired) electrons. The van der Waals surface area contributed by atoms with Crippen LogP contribution in [-0.2, 0) is 4.79 Å². The van der Waals surface area contributed by atoms with Gasteiger partial charge in [-0.1, -0.05) is 79.4 Å². The maximum Gasteiger partial charge on any atom is 0.298 e. The topological polar surface area (TPSA) is 52.8 Å². The number of hydrogen-bond acceptors (Lipinski definition) is 5. The number of benzene rings is 3. The van der Waals surface area contributed by atoms with Gasteiger partial charge < -0.3 is 19.1 Å². The number of carbonyl (C=O) groups is 1. The fraction of sp³-hybridized carbons (Fsp3) is 0.200. The predicted molar refractivity (Wildman–Crippen MR) is 145 cm³/mol. The van der Waals surface area contributed by atoms with Gasteiger partial charge in [0.25, 0.3) is 6.01 Å². The van der Waals surface area contributed by atoms with E-state index in [1.54, 1.807) is 0 Å². The van der Waals surface area contributed by atoms with Crippen LogP contribution in [0.15, 0.2) is 102 Å². The molecule has 1 saturated heterocycles. The van der Waals surface area contributed by atoms with Crippen molar-refractivity contribution in [2.75, 3.05) is 44.7 Å². The summed E-state index contributed by atoms with van der Waals surface area (Å²) >= 11 is 0. The molecule has 0 atom stereocenters. The Morgan fingerprint density at radius 3 is 2.19 bits per heavy atom. The van der Waals surface area contributed by atoms with E-state index in [4.69, 9.17) is 4.42 Å². The predicted octanol–water partition coefficient (Wildman–Crippen LogP) is 5.16. The van der Waals surface area contributed by atoms with Crippen molar-refractivity contribution in [1.82, 2.24) is 14.8 Å². The number of nitrogens with zero attached hydrogens (tertiary/aromatic N) is 4. The fourth-order valence-electron chi connectivity index (χ4n) is 4.45. The summed E-state index contributed by atoms with van der Waals surface area (Å²) < 4.78 is 5.91. The van der Waals surface area contributed by atoms with Gasteiger partial charge in [0, 0.05) is 38.9 Å². The first-order valence-corrected chi connectivity index (χ1v) is 12.2. The third kappa shape index (κ3) is 5.18. The largest absolute Gasteiger partial charge is 0.423 e. The van der Waals surface area contributed by atoms with E-state index in [0.29, 0.717) is 32.2 Å². The Hall–Kier alpha value is -4.32. The summed E-state index contributed by atoms with van der Waals surface area (Å²) in [7, 11) is 1.96. The number of allylic oxidation sites excluding steroid dienone is 2. The molecule has 0 aliphatic carbocycles. The highest BCUT2D eigenvalue weighted by atomic mass is 16.4. The third-order valence-corrected chi connectivity index (χ3v) is 6.49. The number of para-hydroxylation sites is 2. The zero-order valence-corrected chi connectivity index (χ0v) is 20.5. The van der Waals surface area contributed by atoms with Crippen molar-refractivity contribution < 1.29 is 9.21 Å². The lowest BCUT2D eigenvalue weighted by Crippen LogP contribution is -2.51. The molecule has 1 aromatic heterocycles. The molecule has 0 saturated carbocycles. The molecule has 5 rings (SSSR count). The van der Waals surface area contributed by atoms with E-state index < -0.39 is 0 Å². The van der Waals surface area contributed by atoms with Crippen molar-refractivity contribution in [3.05, 3.63) is 109 Å². The maximum atomic E-state index is 13.3. The Morgan fingerprint density at radius 2 is 1.53 bits per heavy atom. The minimum absolute atomic E-state index is 0.0990. The molecule has 0 spiro atoms. The van der Waals surface area contributed by atoms with Crippen molar-refractivity contribution in [3.8, 4) is 0 Å². The maximum absolute atomic E-state index is 13.3. The molecule has 0 bridgehead atoms. The number of amides is 1. The SMILES string of the molecule is C=C(/C=C(/c1ccccc1)N(C)CC(=O)N1CCN(c2nc3ccccc3o2)CC1)c1ccccc1. The number of piperazine rings is 1. The lowest BCUT2D eigenvalue weighted by molar-refractivity contribution is -0.131. The average molecular weight is 479 g/mol. The Morgan fingerprint density at radius 1 is 0.917 bits per heavy atom. The first-order valence-electron chi connectivity index (χ1n) is 12.2. The van der Waals surface area contributed by atoms with Gasteiger partial charge in [0.15, 0.2) is 5.58 Å². The van der Waals surface area contributed by atoms with E-state index in [1.165, 1.54) is 0 Å². The highest BCUT2D eigenvalue weighted by Gasteiger charge is 2.25. The Bertz CT molecular complexity index is 1340. The van der Waals surface area contributed by atoms with E-state index >= 15 is 0 Å². The quantitative estimate of drug-likeness (QED) is 0.343.